The van der Waals surface area contributed by atoms with Gasteiger partial charge in [0.1, 0.15) is 11.6 Å². The lowest BCUT2D eigenvalue weighted by molar-refractivity contribution is 0.0946. The molecular weight excluding hydrogens is 484 g/mol. The van der Waals surface area contributed by atoms with E-state index in [-0.39, 0.29) is 35.6 Å². The molecular formula is C26H25F2N5O4. The van der Waals surface area contributed by atoms with Crippen molar-refractivity contribution >= 4 is 17.8 Å². The molecule has 4 rings (SSSR count). The van der Waals surface area contributed by atoms with E-state index in [0.717, 1.165) is 15.8 Å². The van der Waals surface area contributed by atoms with Crippen molar-refractivity contribution < 1.29 is 27.8 Å². The van der Waals surface area contributed by atoms with Gasteiger partial charge in [0, 0.05) is 18.7 Å². The molecule has 0 spiro atoms. The van der Waals surface area contributed by atoms with Gasteiger partial charge in [-0.3, -0.25) is 4.79 Å². The lowest BCUT2D eigenvalue weighted by Gasteiger charge is -2.14. The summed E-state index contributed by atoms with van der Waals surface area (Å²) in [7, 11) is 4.37. The summed E-state index contributed by atoms with van der Waals surface area (Å²) < 4.78 is 43.7. The normalized spacial score (nSPS) is 10.6. The van der Waals surface area contributed by atoms with E-state index in [2.05, 4.69) is 20.7 Å². The molecule has 0 radical (unpaired) electrons. The van der Waals surface area contributed by atoms with Gasteiger partial charge in [-0.15, -0.1) is 5.10 Å². The van der Waals surface area contributed by atoms with Gasteiger partial charge in [0.2, 0.25) is 17.6 Å². The van der Waals surface area contributed by atoms with E-state index in [1.54, 1.807) is 24.3 Å². The van der Waals surface area contributed by atoms with E-state index in [9.17, 15) is 13.6 Å². The van der Waals surface area contributed by atoms with Gasteiger partial charge in [-0.25, -0.2) is 8.78 Å². The summed E-state index contributed by atoms with van der Waals surface area (Å²) in [5.74, 6) is 0.0868. The molecule has 0 saturated carbocycles. The van der Waals surface area contributed by atoms with E-state index in [4.69, 9.17) is 14.2 Å². The molecule has 0 atom stereocenters. The zero-order valence-corrected chi connectivity index (χ0v) is 20.4. The molecule has 0 saturated heterocycles. The fourth-order valence-corrected chi connectivity index (χ4v) is 3.54. The second-order valence-electron chi connectivity index (χ2n) is 7.85. The molecule has 0 aliphatic carbocycles. The smallest absolute Gasteiger partial charge is 0.281 e. The van der Waals surface area contributed by atoms with Crippen molar-refractivity contribution in [1.29, 1.82) is 0 Å². The molecule has 0 amide bonds. The van der Waals surface area contributed by atoms with Gasteiger partial charge in [-0.2, -0.15) is 9.67 Å². The molecule has 11 heteroatoms. The van der Waals surface area contributed by atoms with Crippen molar-refractivity contribution in [2.45, 2.75) is 13.1 Å². The van der Waals surface area contributed by atoms with Crippen LogP contribution in [0.5, 0.6) is 17.2 Å². The molecule has 192 valence electrons. The zero-order valence-electron chi connectivity index (χ0n) is 20.4. The number of ether oxygens (including phenoxy) is 3. The molecule has 1 aromatic heterocycles. The van der Waals surface area contributed by atoms with Crippen molar-refractivity contribution in [3.05, 3.63) is 89.0 Å². The van der Waals surface area contributed by atoms with Crippen LogP contribution in [0.3, 0.4) is 0 Å². The molecule has 0 aliphatic rings. The average Bonchev–Trinajstić information content (AvgIpc) is 3.34. The van der Waals surface area contributed by atoms with Crippen LogP contribution in [0.15, 0.2) is 60.7 Å². The van der Waals surface area contributed by atoms with Crippen molar-refractivity contribution in [1.82, 2.24) is 14.8 Å². The van der Waals surface area contributed by atoms with Crippen LogP contribution in [-0.2, 0) is 13.1 Å². The van der Waals surface area contributed by atoms with E-state index in [1.807, 2.05) is 0 Å². The van der Waals surface area contributed by atoms with E-state index in [0.29, 0.717) is 23.8 Å². The average molecular weight is 510 g/mol. The van der Waals surface area contributed by atoms with Crippen LogP contribution in [0.25, 0.3) is 0 Å². The lowest BCUT2D eigenvalue weighted by Crippen LogP contribution is -2.18. The Morgan fingerprint density at radius 3 is 1.81 bits per heavy atom. The van der Waals surface area contributed by atoms with Gasteiger partial charge in [0.25, 0.3) is 5.91 Å². The quantitative estimate of drug-likeness (QED) is 0.323. The Bertz CT molecular complexity index is 1350. The van der Waals surface area contributed by atoms with E-state index >= 15 is 0 Å². The van der Waals surface area contributed by atoms with Gasteiger partial charge in [0.15, 0.2) is 11.5 Å². The molecule has 0 aliphatic heterocycles. The van der Waals surface area contributed by atoms with Gasteiger partial charge in [-0.05, 0) is 47.5 Å². The summed E-state index contributed by atoms with van der Waals surface area (Å²) in [6.45, 7) is 0.568. The first-order valence-corrected chi connectivity index (χ1v) is 11.2. The summed E-state index contributed by atoms with van der Waals surface area (Å²) in [5.41, 5.74) is 1.79. The van der Waals surface area contributed by atoms with Crippen molar-refractivity contribution in [2.75, 3.05) is 32.0 Å². The predicted molar refractivity (Wildman–Crippen MR) is 133 cm³/mol. The molecule has 0 bridgehead atoms. The number of nitrogens with zero attached hydrogens (tertiary/aromatic N) is 3. The number of halogens is 2. The van der Waals surface area contributed by atoms with Crippen LogP contribution in [0.4, 0.5) is 20.7 Å². The van der Waals surface area contributed by atoms with Crippen LogP contribution >= 0.6 is 0 Å². The standard InChI is InChI=1S/C26H25F2N5O4/c1-35-21-12-18(13-22(36-2)23(21)37-3)24(34)33-26(30-15-17-6-10-20(28)11-7-17)31-25(32-33)29-14-16-4-8-19(27)9-5-16/h4-13H,14-15H2,1-3H3,(H2,29,30,31,32). The Labute approximate surface area is 212 Å². The topological polar surface area (TPSA) is 99.5 Å². The molecule has 0 unspecified atom stereocenters. The van der Waals surface area contributed by atoms with Gasteiger partial charge < -0.3 is 24.8 Å². The molecule has 4 aromatic rings. The SMILES string of the molecule is COc1cc(C(=O)n2nc(NCc3ccc(F)cc3)nc2NCc2ccc(F)cc2)cc(OC)c1OC. The first-order chi connectivity index (χ1) is 17.9. The molecule has 3 aromatic carbocycles. The highest BCUT2D eigenvalue weighted by Crippen LogP contribution is 2.38. The Kier molecular flexibility index (Phi) is 7.82. The first-order valence-electron chi connectivity index (χ1n) is 11.2. The number of nitrogens with one attached hydrogen (secondary N) is 2. The molecule has 2 N–H and O–H groups in total. The highest BCUT2D eigenvalue weighted by atomic mass is 19.1. The highest BCUT2D eigenvalue weighted by Gasteiger charge is 2.22. The number of carbonyl (C=O) groups excluding carboxylic acids is 1. The third-order valence-corrected chi connectivity index (χ3v) is 5.44. The number of rotatable bonds is 10. The minimum atomic E-state index is -0.511. The lowest BCUT2D eigenvalue weighted by atomic mass is 10.1. The van der Waals surface area contributed by atoms with Crippen LogP contribution < -0.4 is 24.8 Å². The number of methoxy groups -OCH3 is 3. The number of hydrogen-bond donors (Lipinski definition) is 2. The number of aromatic nitrogens is 3. The maximum atomic E-state index is 13.5. The molecule has 9 nitrogen and oxygen atoms in total. The third-order valence-electron chi connectivity index (χ3n) is 5.44. The minimum Gasteiger partial charge on any atom is -0.493 e. The van der Waals surface area contributed by atoms with Crippen LogP contribution in [0, 0.1) is 11.6 Å². The summed E-state index contributed by atoms with van der Waals surface area (Å²) in [4.78, 5) is 17.9. The summed E-state index contributed by atoms with van der Waals surface area (Å²) in [5, 5.41) is 10.4. The third kappa shape index (κ3) is 5.95. The Morgan fingerprint density at radius 2 is 1.32 bits per heavy atom. The number of anilines is 2. The number of carbonyl (C=O) groups is 1. The van der Waals surface area contributed by atoms with E-state index < -0.39 is 5.91 Å². The molecule has 37 heavy (non-hydrogen) atoms. The number of benzene rings is 3. The second-order valence-corrected chi connectivity index (χ2v) is 7.85. The highest BCUT2D eigenvalue weighted by molar-refractivity contribution is 5.98. The van der Waals surface area contributed by atoms with Crippen molar-refractivity contribution in [3.63, 3.8) is 0 Å². The van der Waals surface area contributed by atoms with Crippen LogP contribution in [0.1, 0.15) is 21.5 Å². The predicted octanol–water partition coefficient (Wildman–Crippen LogP) is 4.49. The Morgan fingerprint density at radius 1 is 0.811 bits per heavy atom. The molecule has 1 heterocycles. The molecule has 0 fully saturated rings. The maximum Gasteiger partial charge on any atom is 0.281 e. The summed E-state index contributed by atoms with van der Waals surface area (Å²) >= 11 is 0. The minimum absolute atomic E-state index is 0.157. The van der Waals surface area contributed by atoms with Crippen molar-refractivity contribution in [3.8, 4) is 17.2 Å². The van der Waals surface area contributed by atoms with Crippen LogP contribution in [0.2, 0.25) is 0 Å². The van der Waals surface area contributed by atoms with Crippen LogP contribution in [-0.4, -0.2) is 42.0 Å². The largest absolute Gasteiger partial charge is 0.493 e. The van der Waals surface area contributed by atoms with Gasteiger partial charge in [0.05, 0.1) is 21.3 Å². The van der Waals surface area contributed by atoms with Crippen molar-refractivity contribution in [2.24, 2.45) is 0 Å². The summed E-state index contributed by atoms with van der Waals surface area (Å²) in [6, 6.07) is 14.9. The monoisotopic (exact) mass is 509 g/mol. The second kappa shape index (κ2) is 11.4. The van der Waals surface area contributed by atoms with Gasteiger partial charge >= 0.3 is 0 Å². The first kappa shape index (κ1) is 25.4. The number of hydrogen-bond acceptors (Lipinski definition) is 8. The maximum absolute atomic E-state index is 13.5. The fourth-order valence-electron chi connectivity index (χ4n) is 3.54. The fraction of sp³-hybridized carbons (Fsp3) is 0.192. The zero-order chi connectivity index (χ0) is 26.4. The van der Waals surface area contributed by atoms with Gasteiger partial charge in [-0.1, -0.05) is 24.3 Å². The Hall–Kier alpha value is -4.67. The Balaban J connectivity index is 1.64. The van der Waals surface area contributed by atoms with E-state index in [1.165, 1.54) is 57.7 Å². The summed E-state index contributed by atoms with van der Waals surface area (Å²) in [6.07, 6.45) is 0.